The molecule has 1 saturated heterocycles. The first-order chi connectivity index (χ1) is 9.22. The maximum Gasteiger partial charge on any atom is 0.251 e. The second kappa shape index (κ2) is 5.17. The third-order valence-corrected chi connectivity index (χ3v) is 4.92. The molecule has 2 aromatic rings. The molecule has 0 spiro atoms. The van der Waals surface area contributed by atoms with Gasteiger partial charge >= 0.3 is 0 Å². The molecule has 0 unspecified atom stereocenters. The normalized spacial score (nSPS) is 23.4. The quantitative estimate of drug-likeness (QED) is 0.878. The lowest BCUT2D eigenvalue weighted by molar-refractivity contribution is 0.0934. The number of rotatable bonds is 2. The minimum Gasteiger partial charge on any atom is -0.361 e. The Labute approximate surface area is 114 Å². The van der Waals surface area contributed by atoms with Gasteiger partial charge in [0.05, 0.1) is 0 Å². The van der Waals surface area contributed by atoms with E-state index in [1.165, 1.54) is 0 Å². The molecule has 4 nitrogen and oxygen atoms in total. The van der Waals surface area contributed by atoms with Crippen LogP contribution in [0.1, 0.15) is 23.2 Å². The van der Waals surface area contributed by atoms with Gasteiger partial charge in [0.1, 0.15) is 0 Å². The van der Waals surface area contributed by atoms with Crippen molar-refractivity contribution in [2.75, 3.05) is 11.5 Å². The standard InChI is InChI=1S/C14H16N2O2S/c17-14(16-12-4-7-19(18)8-5-12)11-2-1-10-3-6-15-13(10)9-11/h1-3,6,9,12,15H,4-5,7-8H2,(H,16,17). The summed E-state index contributed by atoms with van der Waals surface area (Å²) in [7, 11) is -0.690. The molecule has 0 aliphatic carbocycles. The van der Waals surface area contributed by atoms with Crippen molar-refractivity contribution < 1.29 is 9.00 Å². The summed E-state index contributed by atoms with van der Waals surface area (Å²) in [5.74, 6) is 1.34. The maximum atomic E-state index is 12.2. The number of hydrogen-bond donors (Lipinski definition) is 2. The lowest BCUT2D eigenvalue weighted by atomic mass is 10.1. The summed E-state index contributed by atoms with van der Waals surface area (Å²) in [6.07, 6.45) is 3.48. The number of carbonyl (C=O) groups excluding carboxylic acids is 1. The van der Waals surface area contributed by atoms with Crippen LogP contribution in [-0.4, -0.2) is 32.6 Å². The second-order valence-electron chi connectivity index (χ2n) is 4.88. The van der Waals surface area contributed by atoms with Crippen molar-refractivity contribution in [3.8, 4) is 0 Å². The van der Waals surface area contributed by atoms with Gasteiger partial charge in [-0.2, -0.15) is 0 Å². The fraction of sp³-hybridized carbons (Fsp3) is 0.357. The van der Waals surface area contributed by atoms with Crippen LogP contribution in [0.2, 0.25) is 0 Å². The van der Waals surface area contributed by atoms with Gasteiger partial charge in [-0.3, -0.25) is 9.00 Å². The number of hydrogen-bond acceptors (Lipinski definition) is 2. The number of amides is 1. The molecule has 2 N–H and O–H groups in total. The number of nitrogens with one attached hydrogen (secondary N) is 2. The first kappa shape index (κ1) is 12.4. The molecule has 0 bridgehead atoms. The minimum atomic E-state index is -0.690. The minimum absolute atomic E-state index is 0.0471. The Kier molecular flexibility index (Phi) is 3.38. The van der Waals surface area contributed by atoms with Gasteiger partial charge in [0.15, 0.2) is 0 Å². The highest BCUT2D eigenvalue weighted by molar-refractivity contribution is 7.85. The summed E-state index contributed by atoms with van der Waals surface area (Å²) >= 11 is 0. The summed E-state index contributed by atoms with van der Waals surface area (Å²) in [4.78, 5) is 15.3. The van der Waals surface area contributed by atoms with E-state index in [1.807, 2.05) is 30.5 Å². The van der Waals surface area contributed by atoms with Crippen LogP contribution in [0.15, 0.2) is 30.5 Å². The van der Waals surface area contributed by atoms with E-state index < -0.39 is 10.8 Å². The summed E-state index contributed by atoms with van der Waals surface area (Å²) in [5.41, 5.74) is 1.64. The first-order valence-corrected chi connectivity index (χ1v) is 7.94. The molecule has 1 aromatic heterocycles. The molecule has 19 heavy (non-hydrogen) atoms. The number of carbonyl (C=O) groups is 1. The van der Waals surface area contributed by atoms with Crippen molar-refractivity contribution in [1.29, 1.82) is 0 Å². The Hall–Kier alpha value is -1.62. The van der Waals surface area contributed by atoms with Gasteiger partial charge in [-0.25, -0.2) is 0 Å². The van der Waals surface area contributed by atoms with Gasteiger partial charge in [-0.1, -0.05) is 6.07 Å². The van der Waals surface area contributed by atoms with Crippen LogP contribution in [0, 0.1) is 0 Å². The summed E-state index contributed by atoms with van der Waals surface area (Å²) < 4.78 is 11.3. The average Bonchev–Trinajstić information content (AvgIpc) is 2.88. The lowest BCUT2D eigenvalue weighted by Crippen LogP contribution is -2.39. The van der Waals surface area contributed by atoms with E-state index in [-0.39, 0.29) is 11.9 Å². The van der Waals surface area contributed by atoms with E-state index in [4.69, 9.17) is 0 Å². The highest BCUT2D eigenvalue weighted by Gasteiger charge is 2.20. The molecule has 1 aliphatic heterocycles. The Balaban J connectivity index is 1.71. The molecule has 1 aliphatic rings. The Morgan fingerprint density at radius 3 is 2.84 bits per heavy atom. The number of H-pyrrole nitrogens is 1. The molecule has 1 fully saturated rings. The monoisotopic (exact) mass is 276 g/mol. The van der Waals surface area contributed by atoms with Gasteiger partial charge in [0.2, 0.25) is 0 Å². The summed E-state index contributed by atoms with van der Waals surface area (Å²) in [6, 6.07) is 7.78. The van der Waals surface area contributed by atoms with Gasteiger partial charge in [0.25, 0.3) is 5.91 Å². The Morgan fingerprint density at radius 1 is 1.26 bits per heavy atom. The van der Waals surface area contributed by atoms with Gasteiger partial charge in [0, 0.05) is 45.6 Å². The molecule has 0 saturated carbocycles. The molecule has 0 atom stereocenters. The molecule has 100 valence electrons. The molecule has 0 radical (unpaired) electrons. The van der Waals surface area contributed by atoms with E-state index in [2.05, 4.69) is 10.3 Å². The molecular formula is C14H16N2O2S. The molecular weight excluding hydrogens is 260 g/mol. The van der Waals surface area contributed by atoms with E-state index in [0.717, 1.165) is 23.7 Å². The smallest absolute Gasteiger partial charge is 0.251 e. The lowest BCUT2D eigenvalue weighted by Gasteiger charge is -2.22. The molecule has 2 heterocycles. The number of aromatic amines is 1. The zero-order valence-electron chi connectivity index (χ0n) is 10.5. The number of fused-ring (bicyclic) bond motifs is 1. The highest BCUT2D eigenvalue weighted by Crippen LogP contribution is 2.15. The van der Waals surface area contributed by atoms with Crippen molar-refractivity contribution in [2.24, 2.45) is 0 Å². The molecule has 3 rings (SSSR count). The summed E-state index contributed by atoms with van der Waals surface area (Å²) in [6.45, 7) is 0. The van der Waals surface area contributed by atoms with E-state index in [0.29, 0.717) is 17.1 Å². The largest absolute Gasteiger partial charge is 0.361 e. The molecule has 1 amide bonds. The van der Waals surface area contributed by atoms with E-state index >= 15 is 0 Å². The van der Waals surface area contributed by atoms with Crippen molar-refractivity contribution in [3.05, 3.63) is 36.0 Å². The zero-order valence-corrected chi connectivity index (χ0v) is 11.3. The zero-order chi connectivity index (χ0) is 13.2. The van der Waals surface area contributed by atoms with Crippen molar-refractivity contribution in [2.45, 2.75) is 18.9 Å². The van der Waals surface area contributed by atoms with Crippen LogP contribution < -0.4 is 5.32 Å². The van der Waals surface area contributed by atoms with Gasteiger partial charge < -0.3 is 10.3 Å². The predicted molar refractivity (Wildman–Crippen MR) is 76.7 cm³/mol. The molecule has 1 aromatic carbocycles. The third-order valence-electron chi connectivity index (χ3n) is 3.54. The number of aromatic nitrogens is 1. The van der Waals surface area contributed by atoms with E-state index in [9.17, 15) is 9.00 Å². The number of benzene rings is 1. The Bertz CT molecular complexity index is 625. The third kappa shape index (κ3) is 2.71. The fourth-order valence-corrected chi connectivity index (χ4v) is 3.69. The average molecular weight is 276 g/mol. The van der Waals surface area contributed by atoms with Gasteiger partial charge in [-0.15, -0.1) is 0 Å². The van der Waals surface area contributed by atoms with Crippen LogP contribution in [0.5, 0.6) is 0 Å². The van der Waals surface area contributed by atoms with Crippen LogP contribution in [0.3, 0.4) is 0 Å². The van der Waals surface area contributed by atoms with E-state index in [1.54, 1.807) is 0 Å². The van der Waals surface area contributed by atoms with Crippen molar-refractivity contribution in [3.63, 3.8) is 0 Å². The SMILES string of the molecule is O=C(NC1CCS(=O)CC1)c1ccc2cc[nH]c2c1. The summed E-state index contributed by atoms with van der Waals surface area (Å²) in [5, 5.41) is 4.13. The topological polar surface area (TPSA) is 62.0 Å². The van der Waals surface area contributed by atoms with Crippen LogP contribution in [-0.2, 0) is 10.8 Å². The van der Waals surface area contributed by atoms with Crippen molar-refractivity contribution >= 4 is 27.6 Å². The maximum absolute atomic E-state index is 12.2. The first-order valence-electron chi connectivity index (χ1n) is 6.45. The highest BCUT2D eigenvalue weighted by atomic mass is 32.2. The second-order valence-corrected chi connectivity index (χ2v) is 6.57. The predicted octanol–water partition coefficient (Wildman–Crippen LogP) is 1.81. The molecule has 5 heteroatoms. The van der Waals surface area contributed by atoms with Crippen LogP contribution in [0.4, 0.5) is 0 Å². The fourth-order valence-electron chi connectivity index (χ4n) is 2.40. The van der Waals surface area contributed by atoms with Crippen LogP contribution >= 0.6 is 0 Å². The Morgan fingerprint density at radius 2 is 2.05 bits per heavy atom. The van der Waals surface area contributed by atoms with Crippen LogP contribution in [0.25, 0.3) is 10.9 Å². The van der Waals surface area contributed by atoms with Crippen molar-refractivity contribution in [1.82, 2.24) is 10.3 Å². The van der Waals surface area contributed by atoms with Gasteiger partial charge in [-0.05, 0) is 36.4 Å².